The molecule has 0 aliphatic heterocycles. The number of imidazole rings is 1. The van der Waals surface area contributed by atoms with E-state index in [1.54, 1.807) is 17.9 Å². The summed E-state index contributed by atoms with van der Waals surface area (Å²) in [5.74, 6) is 1.28. The highest BCUT2D eigenvalue weighted by molar-refractivity contribution is 5.58. The first-order chi connectivity index (χ1) is 13.7. The quantitative estimate of drug-likeness (QED) is 0.705. The fourth-order valence-corrected chi connectivity index (χ4v) is 3.47. The van der Waals surface area contributed by atoms with Gasteiger partial charge in [0.25, 0.3) is 0 Å². The van der Waals surface area contributed by atoms with Crippen molar-refractivity contribution in [2.24, 2.45) is 0 Å². The van der Waals surface area contributed by atoms with Crippen LogP contribution in [0.2, 0.25) is 0 Å². The van der Waals surface area contributed by atoms with E-state index < -0.39 is 5.54 Å². The highest BCUT2D eigenvalue weighted by Crippen LogP contribution is 2.30. The van der Waals surface area contributed by atoms with Gasteiger partial charge in [-0.05, 0) is 12.8 Å². The van der Waals surface area contributed by atoms with Gasteiger partial charge in [-0.1, -0.05) is 49.6 Å². The van der Waals surface area contributed by atoms with Gasteiger partial charge in [0.1, 0.15) is 11.9 Å². The zero-order chi connectivity index (χ0) is 19.4. The van der Waals surface area contributed by atoms with Crippen molar-refractivity contribution in [1.29, 1.82) is 5.26 Å². The van der Waals surface area contributed by atoms with E-state index >= 15 is 0 Å². The van der Waals surface area contributed by atoms with E-state index in [1.165, 1.54) is 0 Å². The first-order valence-electron chi connectivity index (χ1n) is 9.44. The maximum absolute atomic E-state index is 9.73. The van der Waals surface area contributed by atoms with Gasteiger partial charge < -0.3 is 10.6 Å². The number of anilines is 2. The number of nitriles is 1. The summed E-state index contributed by atoms with van der Waals surface area (Å²) in [4.78, 5) is 17.8. The molecule has 28 heavy (non-hydrogen) atoms. The molecule has 2 aromatic heterocycles. The molecule has 1 saturated carbocycles. The Morgan fingerprint density at radius 3 is 2.50 bits per heavy atom. The van der Waals surface area contributed by atoms with Crippen molar-refractivity contribution >= 4 is 11.9 Å². The monoisotopic (exact) mass is 374 g/mol. The van der Waals surface area contributed by atoms with Crippen molar-refractivity contribution in [1.82, 2.24) is 24.5 Å². The molecule has 4 rings (SSSR count). The van der Waals surface area contributed by atoms with Gasteiger partial charge in [-0.3, -0.25) is 4.57 Å². The van der Waals surface area contributed by atoms with E-state index in [0.717, 1.165) is 43.4 Å². The highest BCUT2D eigenvalue weighted by atomic mass is 15.3. The zero-order valence-corrected chi connectivity index (χ0v) is 15.8. The topological polar surface area (TPSA) is 104 Å². The van der Waals surface area contributed by atoms with Gasteiger partial charge in [0.2, 0.25) is 17.8 Å². The van der Waals surface area contributed by atoms with Gasteiger partial charge in [-0.25, -0.2) is 4.98 Å². The summed E-state index contributed by atoms with van der Waals surface area (Å²) >= 11 is 0. The van der Waals surface area contributed by atoms with Crippen LogP contribution in [0.25, 0.3) is 17.2 Å². The van der Waals surface area contributed by atoms with E-state index in [9.17, 15) is 5.26 Å². The fraction of sp³-hybridized carbons (Fsp3) is 0.350. The maximum atomic E-state index is 9.73. The predicted octanol–water partition coefficient (Wildman–Crippen LogP) is 3.40. The lowest BCUT2D eigenvalue weighted by Crippen LogP contribution is -2.39. The molecule has 0 radical (unpaired) electrons. The van der Waals surface area contributed by atoms with Crippen molar-refractivity contribution in [3.63, 3.8) is 0 Å². The largest absolute Gasteiger partial charge is 0.357 e. The van der Waals surface area contributed by atoms with Crippen LogP contribution in [-0.4, -0.2) is 37.1 Å². The Hall–Kier alpha value is -3.47. The Morgan fingerprint density at radius 1 is 1.04 bits per heavy atom. The van der Waals surface area contributed by atoms with Crippen LogP contribution in [0, 0.1) is 11.3 Å². The number of benzene rings is 1. The molecule has 142 valence electrons. The van der Waals surface area contributed by atoms with E-state index in [4.69, 9.17) is 0 Å². The lowest BCUT2D eigenvalue weighted by Gasteiger charge is -2.31. The minimum absolute atomic E-state index is 0.396. The summed E-state index contributed by atoms with van der Waals surface area (Å²) in [6.45, 7) is 0. The number of nitrogens with one attached hydrogen (secondary N) is 2. The van der Waals surface area contributed by atoms with Crippen LogP contribution in [0.15, 0.2) is 42.9 Å². The normalized spacial score (nSPS) is 15.6. The average molecular weight is 374 g/mol. The number of nitrogens with zero attached hydrogens (tertiary/aromatic N) is 6. The van der Waals surface area contributed by atoms with Gasteiger partial charge in [-0.2, -0.15) is 20.2 Å². The zero-order valence-electron chi connectivity index (χ0n) is 15.8. The smallest absolute Gasteiger partial charge is 0.241 e. The second-order valence-electron chi connectivity index (χ2n) is 6.94. The third-order valence-corrected chi connectivity index (χ3v) is 5.00. The summed E-state index contributed by atoms with van der Waals surface area (Å²) < 4.78 is 1.76. The van der Waals surface area contributed by atoms with E-state index in [-0.39, 0.29) is 0 Å². The maximum Gasteiger partial charge on any atom is 0.241 e. The molecule has 2 heterocycles. The Balaban J connectivity index is 1.66. The van der Waals surface area contributed by atoms with Crippen LogP contribution >= 0.6 is 0 Å². The molecule has 0 unspecified atom stereocenters. The standard InChI is InChI=1S/C20H22N8/c1-22-17-24-18(27-20(13-21)10-6-3-7-11-20)26-19(25-17)28-12-16(23-14-28)15-8-4-2-5-9-15/h2,4-5,8-9,12,14H,3,6-7,10-11H2,1H3,(H2,22,24,25,26,27). The Labute approximate surface area is 163 Å². The molecule has 8 nitrogen and oxygen atoms in total. The first-order valence-corrected chi connectivity index (χ1v) is 9.44. The summed E-state index contributed by atoms with van der Waals surface area (Å²) in [5.41, 5.74) is 1.24. The molecule has 0 saturated heterocycles. The molecule has 0 amide bonds. The molecule has 1 aromatic carbocycles. The molecule has 2 N–H and O–H groups in total. The van der Waals surface area contributed by atoms with Crippen LogP contribution in [0.4, 0.5) is 11.9 Å². The molecule has 8 heteroatoms. The van der Waals surface area contributed by atoms with Crippen LogP contribution in [0.5, 0.6) is 0 Å². The second-order valence-corrected chi connectivity index (χ2v) is 6.94. The minimum atomic E-state index is -0.619. The average Bonchev–Trinajstić information content (AvgIpc) is 3.25. The lowest BCUT2D eigenvalue weighted by atomic mass is 9.83. The van der Waals surface area contributed by atoms with Crippen molar-refractivity contribution in [2.75, 3.05) is 17.7 Å². The Morgan fingerprint density at radius 2 is 1.79 bits per heavy atom. The van der Waals surface area contributed by atoms with E-state index in [1.807, 2.05) is 36.5 Å². The van der Waals surface area contributed by atoms with E-state index in [0.29, 0.717) is 17.8 Å². The van der Waals surface area contributed by atoms with Gasteiger partial charge in [0.15, 0.2) is 0 Å². The van der Waals surface area contributed by atoms with Gasteiger partial charge >= 0.3 is 0 Å². The number of rotatable bonds is 5. The molecule has 3 aromatic rings. The molecular weight excluding hydrogens is 352 g/mol. The summed E-state index contributed by atoms with van der Waals surface area (Å²) in [6.07, 6.45) is 8.37. The number of aromatic nitrogens is 5. The first kappa shape index (κ1) is 17.9. The van der Waals surface area contributed by atoms with Crippen LogP contribution in [-0.2, 0) is 0 Å². The molecule has 0 bridgehead atoms. The van der Waals surface area contributed by atoms with Gasteiger partial charge in [0, 0.05) is 18.8 Å². The molecular formula is C20H22N8. The van der Waals surface area contributed by atoms with Crippen molar-refractivity contribution in [3.8, 4) is 23.3 Å². The summed E-state index contributed by atoms with van der Waals surface area (Å²) in [7, 11) is 1.76. The summed E-state index contributed by atoms with van der Waals surface area (Å²) in [5, 5.41) is 16.0. The lowest BCUT2D eigenvalue weighted by molar-refractivity contribution is 0.390. The second kappa shape index (κ2) is 7.64. The van der Waals surface area contributed by atoms with Gasteiger partial charge in [-0.15, -0.1) is 0 Å². The third-order valence-electron chi connectivity index (χ3n) is 5.00. The highest BCUT2D eigenvalue weighted by Gasteiger charge is 2.33. The van der Waals surface area contributed by atoms with E-state index in [2.05, 4.69) is 36.6 Å². The van der Waals surface area contributed by atoms with Gasteiger partial charge in [0.05, 0.1) is 11.8 Å². The Kier molecular flexibility index (Phi) is 4.89. The van der Waals surface area contributed by atoms with Crippen molar-refractivity contribution < 1.29 is 0 Å². The van der Waals surface area contributed by atoms with Crippen LogP contribution in [0.1, 0.15) is 32.1 Å². The minimum Gasteiger partial charge on any atom is -0.357 e. The summed E-state index contributed by atoms with van der Waals surface area (Å²) in [6, 6.07) is 12.4. The number of hydrogen-bond acceptors (Lipinski definition) is 7. The molecule has 1 aliphatic carbocycles. The van der Waals surface area contributed by atoms with Crippen molar-refractivity contribution in [3.05, 3.63) is 42.9 Å². The molecule has 1 fully saturated rings. The fourth-order valence-electron chi connectivity index (χ4n) is 3.47. The van der Waals surface area contributed by atoms with Crippen molar-refractivity contribution in [2.45, 2.75) is 37.6 Å². The van der Waals surface area contributed by atoms with Crippen LogP contribution < -0.4 is 10.6 Å². The number of hydrogen-bond donors (Lipinski definition) is 2. The molecule has 0 spiro atoms. The molecule has 0 atom stereocenters. The molecule has 1 aliphatic rings. The predicted molar refractivity (Wildman–Crippen MR) is 107 cm³/mol. The van der Waals surface area contributed by atoms with Crippen LogP contribution in [0.3, 0.4) is 0 Å². The SMILES string of the molecule is CNc1nc(NC2(C#N)CCCCC2)nc(-n2cnc(-c3ccccc3)c2)n1. The third kappa shape index (κ3) is 3.64. The Bertz CT molecular complexity index is 983.